The lowest BCUT2D eigenvalue weighted by molar-refractivity contribution is -0.385. The summed E-state index contributed by atoms with van der Waals surface area (Å²) in [5.41, 5.74) is 1.75. The van der Waals surface area contributed by atoms with Crippen LogP contribution in [0, 0.1) is 17.0 Å². The smallest absolute Gasteiger partial charge is 0.289 e. The quantitative estimate of drug-likeness (QED) is 0.368. The van der Waals surface area contributed by atoms with E-state index in [1.54, 1.807) is 36.1 Å². The number of amides is 1. The maximum atomic E-state index is 12.8. The fourth-order valence-corrected chi connectivity index (χ4v) is 3.89. The highest BCUT2D eigenvalue weighted by molar-refractivity contribution is 6.30. The van der Waals surface area contributed by atoms with Gasteiger partial charge in [0.25, 0.3) is 11.6 Å². The number of carbonyl (C=O) groups excluding carboxylic acids is 1. The average Bonchev–Trinajstić information content (AvgIpc) is 3.28. The number of ether oxygens (including phenoxy) is 1. The second-order valence-electron chi connectivity index (χ2n) is 7.95. The number of furan rings is 1. The molecular weight excluding hydrogens is 446 g/mol. The van der Waals surface area contributed by atoms with Crippen molar-refractivity contribution in [3.63, 3.8) is 0 Å². The maximum Gasteiger partial charge on any atom is 0.289 e. The van der Waals surface area contributed by atoms with Gasteiger partial charge in [0.05, 0.1) is 4.92 Å². The van der Waals surface area contributed by atoms with Crippen LogP contribution in [0.5, 0.6) is 5.75 Å². The first-order valence-corrected chi connectivity index (χ1v) is 11.0. The van der Waals surface area contributed by atoms with Crippen molar-refractivity contribution in [1.29, 1.82) is 0 Å². The molecule has 33 heavy (non-hydrogen) atoms. The molecule has 1 fully saturated rings. The van der Waals surface area contributed by atoms with Gasteiger partial charge in [-0.25, -0.2) is 0 Å². The van der Waals surface area contributed by atoms with Crippen molar-refractivity contribution in [1.82, 2.24) is 9.80 Å². The van der Waals surface area contributed by atoms with Gasteiger partial charge in [0.15, 0.2) is 5.76 Å². The molecule has 0 atom stereocenters. The Morgan fingerprint density at radius 1 is 1.09 bits per heavy atom. The first-order chi connectivity index (χ1) is 15.9. The summed E-state index contributed by atoms with van der Waals surface area (Å²) in [7, 11) is 0. The summed E-state index contributed by atoms with van der Waals surface area (Å²) < 4.78 is 11.4. The van der Waals surface area contributed by atoms with Crippen LogP contribution in [0.4, 0.5) is 5.69 Å². The fraction of sp³-hybridized carbons (Fsp3) is 0.292. The molecule has 0 N–H and O–H groups in total. The molecule has 0 aliphatic carbocycles. The van der Waals surface area contributed by atoms with E-state index >= 15 is 0 Å². The van der Waals surface area contributed by atoms with Crippen molar-refractivity contribution < 1.29 is 18.9 Å². The molecule has 1 aliphatic rings. The number of hydrogen-bond acceptors (Lipinski definition) is 6. The highest BCUT2D eigenvalue weighted by atomic mass is 35.5. The Hall–Kier alpha value is -3.36. The van der Waals surface area contributed by atoms with E-state index in [2.05, 4.69) is 4.90 Å². The van der Waals surface area contributed by atoms with Gasteiger partial charge in [-0.1, -0.05) is 23.7 Å². The van der Waals surface area contributed by atoms with Crippen LogP contribution >= 0.6 is 11.6 Å². The van der Waals surface area contributed by atoms with Crippen molar-refractivity contribution in [2.75, 3.05) is 26.2 Å². The molecular formula is C24H24ClN3O5. The number of piperazine rings is 1. The van der Waals surface area contributed by atoms with Gasteiger partial charge in [-0.15, -0.1) is 0 Å². The summed E-state index contributed by atoms with van der Waals surface area (Å²) in [6.45, 7) is 5.42. The largest absolute Gasteiger partial charge is 0.486 e. The van der Waals surface area contributed by atoms with E-state index in [9.17, 15) is 14.9 Å². The molecule has 4 rings (SSSR count). The van der Waals surface area contributed by atoms with Gasteiger partial charge < -0.3 is 14.1 Å². The number of carbonyl (C=O) groups is 1. The predicted octanol–water partition coefficient (Wildman–Crippen LogP) is 4.69. The molecule has 0 saturated carbocycles. The van der Waals surface area contributed by atoms with E-state index in [1.807, 2.05) is 24.3 Å². The Bertz CT molecular complexity index is 1140. The number of rotatable bonds is 7. The third-order valence-corrected chi connectivity index (χ3v) is 5.85. The summed E-state index contributed by atoms with van der Waals surface area (Å²) in [6.07, 6.45) is 0. The highest BCUT2D eigenvalue weighted by Crippen LogP contribution is 2.24. The molecule has 1 amide bonds. The summed E-state index contributed by atoms with van der Waals surface area (Å²) in [6, 6.07) is 15.7. The number of nitro benzene ring substituents is 1. The maximum absolute atomic E-state index is 12.8. The van der Waals surface area contributed by atoms with Gasteiger partial charge in [0, 0.05) is 49.4 Å². The summed E-state index contributed by atoms with van der Waals surface area (Å²) >= 11 is 5.94. The second kappa shape index (κ2) is 10.1. The third kappa shape index (κ3) is 5.71. The van der Waals surface area contributed by atoms with Gasteiger partial charge in [0.1, 0.15) is 18.1 Å². The minimum Gasteiger partial charge on any atom is -0.486 e. The average molecular weight is 470 g/mol. The van der Waals surface area contributed by atoms with Crippen molar-refractivity contribution in [3.05, 3.63) is 92.4 Å². The fourth-order valence-electron chi connectivity index (χ4n) is 3.76. The zero-order valence-electron chi connectivity index (χ0n) is 18.2. The predicted molar refractivity (Wildman–Crippen MR) is 124 cm³/mol. The van der Waals surface area contributed by atoms with Gasteiger partial charge in [-0.3, -0.25) is 19.8 Å². The molecule has 2 heterocycles. The van der Waals surface area contributed by atoms with Gasteiger partial charge >= 0.3 is 0 Å². The molecule has 3 aromatic rings. The van der Waals surface area contributed by atoms with E-state index in [1.165, 1.54) is 11.6 Å². The Balaban J connectivity index is 1.28. The molecule has 0 bridgehead atoms. The number of aryl methyl sites for hydroxylation is 1. The van der Waals surface area contributed by atoms with Gasteiger partial charge in [0.2, 0.25) is 0 Å². The van der Waals surface area contributed by atoms with Crippen LogP contribution in [0.15, 0.2) is 59.0 Å². The first kappa shape index (κ1) is 22.8. The third-order valence-electron chi connectivity index (χ3n) is 5.60. The Morgan fingerprint density at radius 2 is 1.82 bits per heavy atom. The van der Waals surface area contributed by atoms with E-state index < -0.39 is 4.92 Å². The van der Waals surface area contributed by atoms with Crippen LogP contribution in [-0.4, -0.2) is 46.8 Å². The van der Waals surface area contributed by atoms with Crippen LogP contribution in [0.2, 0.25) is 5.02 Å². The molecule has 9 heteroatoms. The van der Waals surface area contributed by atoms with Crippen LogP contribution < -0.4 is 4.74 Å². The van der Waals surface area contributed by atoms with E-state index in [-0.39, 0.29) is 24.0 Å². The zero-order chi connectivity index (χ0) is 23.4. The molecule has 0 spiro atoms. The van der Waals surface area contributed by atoms with Crippen molar-refractivity contribution >= 4 is 23.2 Å². The molecule has 1 saturated heterocycles. The second-order valence-corrected chi connectivity index (χ2v) is 8.39. The minimum atomic E-state index is -0.430. The zero-order valence-corrected chi connectivity index (χ0v) is 19.0. The van der Waals surface area contributed by atoms with Crippen molar-refractivity contribution in [2.45, 2.75) is 20.1 Å². The van der Waals surface area contributed by atoms with E-state index in [0.717, 1.165) is 24.7 Å². The van der Waals surface area contributed by atoms with Crippen LogP contribution in [0.25, 0.3) is 0 Å². The summed E-state index contributed by atoms with van der Waals surface area (Å²) in [5, 5.41) is 11.7. The normalized spacial score (nSPS) is 14.3. The lowest BCUT2D eigenvalue weighted by Gasteiger charge is -2.34. The SMILES string of the molecule is Cc1cc(OCc2ccc(C(=O)N3CCN(Cc4ccc(Cl)cc4)CC3)o2)ccc1[N+](=O)[O-]. The lowest BCUT2D eigenvalue weighted by atomic mass is 10.2. The molecule has 2 aromatic carbocycles. The molecule has 1 aliphatic heterocycles. The van der Waals surface area contributed by atoms with Crippen LogP contribution in [0.1, 0.15) is 27.4 Å². The topological polar surface area (TPSA) is 89.1 Å². The number of hydrogen-bond donors (Lipinski definition) is 0. The first-order valence-electron chi connectivity index (χ1n) is 10.6. The van der Waals surface area contributed by atoms with E-state index in [4.69, 9.17) is 20.8 Å². The lowest BCUT2D eigenvalue weighted by Crippen LogP contribution is -2.48. The highest BCUT2D eigenvalue weighted by Gasteiger charge is 2.24. The Labute approximate surface area is 196 Å². The number of halogens is 1. The molecule has 0 unspecified atom stereocenters. The Morgan fingerprint density at radius 3 is 2.48 bits per heavy atom. The van der Waals surface area contributed by atoms with Crippen molar-refractivity contribution in [2.24, 2.45) is 0 Å². The van der Waals surface area contributed by atoms with Gasteiger partial charge in [-0.05, 0) is 48.9 Å². The van der Waals surface area contributed by atoms with Crippen LogP contribution in [-0.2, 0) is 13.2 Å². The standard InChI is InChI=1S/C24H24ClN3O5/c1-17-14-20(6-8-22(17)28(30)31)32-16-21-7-9-23(33-21)24(29)27-12-10-26(11-13-27)15-18-2-4-19(25)5-3-18/h2-9,14H,10-13,15-16H2,1H3. The molecule has 8 nitrogen and oxygen atoms in total. The molecule has 0 radical (unpaired) electrons. The van der Waals surface area contributed by atoms with Crippen LogP contribution in [0.3, 0.4) is 0 Å². The molecule has 1 aromatic heterocycles. The number of nitrogens with zero attached hydrogens (tertiary/aromatic N) is 3. The minimum absolute atomic E-state index is 0.0431. The van der Waals surface area contributed by atoms with Crippen molar-refractivity contribution in [3.8, 4) is 5.75 Å². The van der Waals surface area contributed by atoms with E-state index in [0.29, 0.717) is 30.2 Å². The molecule has 172 valence electrons. The Kier molecular flexibility index (Phi) is 6.96. The summed E-state index contributed by atoms with van der Waals surface area (Å²) in [5.74, 6) is 1.15. The van der Waals surface area contributed by atoms with Gasteiger partial charge in [-0.2, -0.15) is 0 Å². The number of benzene rings is 2. The summed E-state index contributed by atoms with van der Waals surface area (Å²) in [4.78, 5) is 27.4. The monoisotopic (exact) mass is 469 g/mol. The number of nitro groups is 1.